The Morgan fingerprint density at radius 1 is 1.12 bits per heavy atom. The summed E-state index contributed by atoms with van der Waals surface area (Å²) in [5, 5.41) is 2.84. The summed E-state index contributed by atoms with van der Waals surface area (Å²) in [7, 11) is 0. The largest absolute Gasteiger partial charge is 0.483 e. The third-order valence-corrected chi connectivity index (χ3v) is 3.83. The fraction of sp³-hybridized carbons (Fsp3) is 0.300. The van der Waals surface area contributed by atoms with Gasteiger partial charge in [0.05, 0.1) is 5.56 Å². The number of nitrogens with one attached hydrogen (secondary N) is 1. The molecule has 0 spiro atoms. The van der Waals surface area contributed by atoms with Crippen molar-refractivity contribution in [2.24, 2.45) is 0 Å². The Balaban J connectivity index is 1.69. The van der Waals surface area contributed by atoms with E-state index in [1.807, 2.05) is 18.2 Å². The highest BCUT2D eigenvalue weighted by Crippen LogP contribution is 2.15. The number of amides is 1. The molecule has 0 saturated carbocycles. The Kier molecular flexibility index (Phi) is 7.50. The monoisotopic (exact) mass is 340 g/mol. The predicted octanol–water partition coefficient (Wildman–Crippen LogP) is 2.91. The number of carbonyl (C=O) groups excluding carboxylic acids is 2. The molecule has 132 valence electrons. The minimum atomic E-state index is -0.191. The van der Waals surface area contributed by atoms with Crippen LogP contribution < -0.4 is 15.0 Å². The summed E-state index contributed by atoms with van der Waals surface area (Å²) in [6.07, 6.45) is 1.57. The molecule has 5 nitrogen and oxygen atoms in total. The lowest BCUT2D eigenvalue weighted by molar-refractivity contribution is -0.123. The number of ether oxygens (including phenoxy) is 1. The van der Waals surface area contributed by atoms with Crippen molar-refractivity contribution in [3.63, 3.8) is 0 Å². The van der Waals surface area contributed by atoms with E-state index in [1.165, 1.54) is 5.69 Å². The van der Waals surface area contributed by atoms with Gasteiger partial charge in [-0.15, -0.1) is 0 Å². The minimum absolute atomic E-state index is 0.0962. The Morgan fingerprint density at radius 2 is 1.84 bits per heavy atom. The van der Waals surface area contributed by atoms with Gasteiger partial charge in [0.15, 0.2) is 12.9 Å². The lowest BCUT2D eigenvalue weighted by atomic mass is 10.2. The Labute approximate surface area is 148 Å². The predicted molar refractivity (Wildman–Crippen MR) is 99.3 cm³/mol. The van der Waals surface area contributed by atoms with Crippen molar-refractivity contribution < 1.29 is 14.3 Å². The van der Waals surface area contributed by atoms with E-state index in [9.17, 15) is 9.59 Å². The van der Waals surface area contributed by atoms with Crippen LogP contribution >= 0.6 is 0 Å². The average molecular weight is 340 g/mol. The summed E-state index contributed by atoms with van der Waals surface area (Å²) in [6.45, 7) is 4.39. The first-order valence-corrected chi connectivity index (χ1v) is 8.48. The maximum Gasteiger partial charge on any atom is 0.257 e. The molecule has 0 heterocycles. The molecule has 0 aliphatic rings. The smallest absolute Gasteiger partial charge is 0.257 e. The number of aldehydes is 1. The van der Waals surface area contributed by atoms with Gasteiger partial charge in [-0.3, -0.25) is 9.59 Å². The molecule has 0 radical (unpaired) electrons. The highest BCUT2D eigenvalue weighted by molar-refractivity contribution is 5.80. The second kappa shape index (κ2) is 10.1. The van der Waals surface area contributed by atoms with E-state index in [4.69, 9.17) is 4.74 Å². The molecule has 1 amide bonds. The van der Waals surface area contributed by atoms with Crippen LogP contribution in [-0.2, 0) is 4.79 Å². The Hall–Kier alpha value is -2.82. The van der Waals surface area contributed by atoms with Gasteiger partial charge < -0.3 is 15.0 Å². The molecule has 2 rings (SSSR count). The van der Waals surface area contributed by atoms with Gasteiger partial charge in [0.1, 0.15) is 5.75 Å². The molecule has 0 atom stereocenters. The number of anilines is 1. The molecule has 0 aliphatic carbocycles. The topological polar surface area (TPSA) is 58.6 Å². The van der Waals surface area contributed by atoms with Gasteiger partial charge in [-0.2, -0.15) is 0 Å². The first-order chi connectivity index (χ1) is 12.2. The van der Waals surface area contributed by atoms with E-state index in [0.29, 0.717) is 17.9 Å². The molecule has 2 aromatic rings. The highest BCUT2D eigenvalue weighted by atomic mass is 16.5. The molecule has 0 aromatic heterocycles. The van der Waals surface area contributed by atoms with E-state index in [2.05, 4.69) is 29.3 Å². The molecule has 1 N–H and O–H groups in total. The van der Waals surface area contributed by atoms with Crippen LogP contribution in [0, 0.1) is 0 Å². The number of hydrogen-bond acceptors (Lipinski definition) is 4. The maximum absolute atomic E-state index is 11.9. The van der Waals surface area contributed by atoms with Crippen LogP contribution in [0.2, 0.25) is 0 Å². The van der Waals surface area contributed by atoms with Gasteiger partial charge in [-0.05, 0) is 37.6 Å². The minimum Gasteiger partial charge on any atom is -0.483 e. The number of benzene rings is 2. The van der Waals surface area contributed by atoms with Gasteiger partial charge in [-0.1, -0.05) is 30.3 Å². The van der Waals surface area contributed by atoms with Crippen LogP contribution in [0.25, 0.3) is 0 Å². The number of carbonyl (C=O) groups is 2. The first kappa shape index (κ1) is 18.5. The lowest BCUT2D eigenvalue weighted by Crippen LogP contribution is -2.32. The van der Waals surface area contributed by atoms with E-state index in [-0.39, 0.29) is 12.5 Å². The second-order valence-electron chi connectivity index (χ2n) is 5.56. The van der Waals surface area contributed by atoms with Gasteiger partial charge in [0.25, 0.3) is 5.91 Å². The molecule has 0 aliphatic heterocycles. The van der Waals surface area contributed by atoms with Crippen LogP contribution in [0.4, 0.5) is 5.69 Å². The lowest BCUT2D eigenvalue weighted by Gasteiger charge is -2.23. The van der Waals surface area contributed by atoms with Gasteiger partial charge in [0.2, 0.25) is 0 Å². The molecule has 0 saturated heterocycles. The van der Waals surface area contributed by atoms with Crippen molar-refractivity contribution in [3.05, 3.63) is 60.2 Å². The molecule has 0 fully saturated rings. The first-order valence-electron chi connectivity index (χ1n) is 8.48. The summed E-state index contributed by atoms with van der Waals surface area (Å²) in [5.74, 6) is 0.234. The third-order valence-electron chi connectivity index (χ3n) is 3.83. The molecular weight excluding hydrogens is 316 g/mol. The Bertz CT molecular complexity index is 674. The zero-order valence-corrected chi connectivity index (χ0v) is 14.5. The van der Waals surface area contributed by atoms with Crippen LogP contribution in [0.15, 0.2) is 54.6 Å². The Morgan fingerprint density at radius 3 is 2.56 bits per heavy atom. The normalized spacial score (nSPS) is 10.1. The van der Waals surface area contributed by atoms with Crippen molar-refractivity contribution in [1.82, 2.24) is 5.32 Å². The molecular formula is C20H24N2O3. The van der Waals surface area contributed by atoms with Crippen molar-refractivity contribution in [2.75, 3.05) is 31.1 Å². The van der Waals surface area contributed by atoms with Crippen molar-refractivity contribution >= 4 is 17.9 Å². The number of para-hydroxylation sites is 2. The van der Waals surface area contributed by atoms with E-state index < -0.39 is 0 Å². The highest BCUT2D eigenvalue weighted by Gasteiger charge is 2.07. The molecule has 25 heavy (non-hydrogen) atoms. The molecule has 5 heteroatoms. The second-order valence-corrected chi connectivity index (χ2v) is 5.56. The zero-order valence-electron chi connectivity index (χ0n) is 14.5. The van der Waals surface area contributed by atoms with Crippen molar-refractivity contribution in [2.45, 2.75) is 13.3 Å². The standard InChI is InChI=1S/C20H24N2O3/c1-2-22(18-10-4-3-5-11-18)14-8-13-21-20(24)16-25-19-12-7-6-9-17(19)15-23/h3-7,9-12,15H,2,8,13-14,16H2,1H3,(H,21,24). The molecule has 0 unspecified atom stereocenters. The fourth-order valence-corrected chi connectivity index (χ4v) is 2.51. The van der Waals surface area contributed by atoms with E-state index >= 15 is 0 Å². The third kappa shape index (κ3) is 5.95. The van der Waals surface area contributed by atoms with Crippen LogP contribution in [0.5, 0.6) is 5.75 Å². The van der Waals surface area contributed by atoms with Crippen LogP contribution in [0.3, 0.4) is 0 Å². The van der Waals surface area contributed by atoms with Crippen LogP contribution in [0.1, 0.15) is 23.7 Å². The number of nitrogens with zero attached hydrogens (tertiary/aromatic N) is 1. The molecule has 2 aromatic carbocycles. The average Bonchev–Trinajstić information content (AvgIpc) is 2.67. The summed E-state index contributed by atoms with van der Waals surface area (Å²) in [6, 6.07) is 17.1. The zero-order chi connectivity index (χ0) is 17.9. The van der Waals surface area contributed by atoms with E-state index in [0.717, 1.165) is 25.8 Å². The van der Waals surface area contributed by atoms with Gasteiger partial charge >= 0.3 is 0 Å². The summed E-state index contributed by atoms with van der Waals surface area (Å²) in [5.41, 5.74) is 1.63. The van der Waals surface area contributed by atoms with Crippen molar-refractivity contribution in [3.8, 4) is 5.75 Å². The quantitative estimate of drug-likeness (QED) is 0.534. The summed E-state index contributed by atoms with van der Waals surface area (Å²) in [4.78, 5) is 25.0. The van der Waals surface area contributed by atoms with Gasteiger partial charge in [0, 0.05) is 25.3 Å². The SMILES string of the molecule is CCN(CCCNC(=O)COc1ccccc1C=O)c1ccccc1. The van der Waals surface area contributed by atoms with Crippen molar-refractivity contribution in [1.29, 1.82) is 0 Å². The van der Waals surface area contributed by atoms with Crippen LogP contribution in [-0.4, -0.2) is 38.4 Å². The summed E-state index contributed by atoms with van der Waals surface area (Å²) < 4.78 is 5.40. The number of rotatable bonds is 10. The van der Waals surface area contributed by atoms with E-state index in [1.54, 1.807) is 24.3 Å². The maximum atomic E-state index is 11.9. The van der Waals surface area contributed by atoms with Gasteiger partial charge in [-0.25, -0.2) is 0 Å². The number of hydrogen-bond donors (Lipinski definition) is 1. The summed E-state index contributed by atoms with van der Waals surface area (Å²) >= 11 is 0. The molecule has 0 bridgehead atoms. The fourth-order valence-electron chi connectivity index (χ4n) is 2.51.